The van der Waals surface area contributed by atoms with Gasteiger partial charge >= 0.3 is 0 Å². The molecule has 2 atom stereocenters. The molecule has 0 fully saturated rings. The van der Waals surface area contributed by atoms with Gasteiger partial charge < -0.3 is 4.74 Å². The summed E-state index contributed by atoms with van der Waals surface area (Å²) in [7, 11) is -9.96. The van der Waals surface area contributed by atoms with Gasteiger partial charge in [-0.3, -0.25) is 9.11 Å². The second-order valence-corrected chi connectivity index (χ2v) is 19.6. The summed E-state index contributed by atoms with van der Waals surface area (Å²) in [6.07, 6.45) is 28.2. The highest BCUT2D eigenvalue weighted by atomic mass is 32.2. The average molecular weight is 807 g/mol. The zero-order valence-electron chi connectivity index (χ0n) is 34.7. The van der Waals surface area contributed by atoms with Crippen molar-refractivity contribution in [2.75, 3.05) is 0 Å². The minimum absolute atomic E-state index is 0.0941. The fourth-order valence-corrected chi connectivity index (χ4v) is 9.96. The van der Waals surface area contributed by atoms with Crippen molar-refractivity contribution in [3.05, 3.63) is 71.8 Å². The van der Waals surface area contributed by atoms with Crippen LogP contribution in [0.4, 0.5) is 0 Å². The minimum atomic E-state index is -4.98. The van der Waals surface area contributed by atoms with Crippen molar-refractivity contribution in [1.82, 2.24) is 0 Å². The van der Waals surface area contributed by atoms with E-state index < -0.39 is 30.1 Å². The predicted molar refractivity (Wildman–Crippen MR) is 231 cm³/mol. The molecular weight excluding hydrogens is 729 g/mol. The molecule has 2 aromatic carbocycles. The van der Waals surface area contributed by atoms with Gasteiger partial charge in [-0.15, -0.1) is 0 Å². The summed E-state index contributed by atoms with van der Waals surface area (Å²) in [4.78, 5) is -4.54. The number of hydrogen-bond donors (Lipinski definition) is 2. The van der Waals surface area contributed by atoms with Gasteiger partial charge in [0.25, 0.3) is 20.2 Å². The Bertz CT molecular complexity index is 1320. The first-order valence-corrected chi connectivity index (χ1v) is 25.1. The first-order valence-electron chi connectivity index (χ1n) is 22.2. The van der Waals surface area contributed by atoms with Gasteiger partial charge in [0.15, 0.2) is 9.87 Å². The van der Waals surface area contributed by atoms with E-state index in [2.05, 4.69) is 13.8 Å². The molecule has 2 aromatic rings. The van der Waals surface area contributed by atoms with Crippen LogP contribution >= 0.6 is 0 Å². The molecule has 0 spiro atoms. The molecule has 55 heavy (non-hydrogen) atoms. The lowest BCUT2D eigenvalue weighted by molar-refractivity contribution is -0.0845. The molecule has 9 heteroatoms. The van der Waals surface area contributed by atoms with Gasteiger partial charge in [-0.1, -0.05) is 229 Å². The highest BCUT2D eigenvalue weighted by Crippen LogP contribution is 2.41. The van der Waals surface area contributed by atoms with Crippen molar-refractivity contribution >= 4 is 20.2 Å². The molecule has 0 aliphatic heterocycles. The molecule has 0 saturated heterocycles. The molecule has 0 aromatic heterocycles. The molecule has 0 aliphatic rings. The number of ether oxygens (including phenoxy) is 1. The summed E-state index contributed by atoms with van der Waals surface area (Å²) >= 11 is 0. The summed E-state index contributed by atoms with van der Waals surface area (Å²) in [5, 5.41) is 0. The van der Waals surface area contributed by atoms with Gasteiger partial charge in [-0.05, 0) is 36.8 Å². The Morgan fingerprint density at radius 1 is 0.400 bits per heavy atom. The molecule has 2 N–H and O–H groups in total. The lowest BCUT2D eigenvalue weighted by Crippen LogP contribution is -2.55. The summed E-state index contributed by atoms with van der Waals surface area (Å²) in [5.41, 5.74) is 1.19. The van der Waals surface area contributed by atoms with E-state index in [1.54, 1.807) is 48.5 Å². The number of hydrogen-bond acceptors (Lipinski definition) is 5. The van der Waals surface area contributed by atoms with Gasteiger partial charge in [0.2, 0.25) is 0 Å². The first-order chi connectivity index (χ1) is 26.5. The van der Waals surface area contributed by atoms with E-state index in [0.29, 0.717) is 24.0 Å². The van der Waals surface area contributed by atoms with Crippen molar-refractivity contribution in [2.45, 2.75) is 216 Å². The van der Waals surface area contributed by atoms with Crippen molar-refractivity contribution in [1.29, 1.82) is 0 Å². The van der Waals surface area contributed by atoms with Crippen LogP contribution in [0.25, 0.3) is 0 Å². The fourth-order valence-electron chi connectivity index (χ4n) is 7.87. The van der Waals surface area contributed by atoms with Crippen LogP contribution in [0.1, 0.15) is 205 Å². The highest BCUT2D eigenvalue weighted by molar-refractivity contribution is 7.88. The Balaban J connectivity index is 2.16. The fraction of sp³-hybridized carbons (Fsp3) is 0.739. The molecule has 2 rings (SSSR count). The maximum absolute atomic E-state index is 13.6. The zero-order valence-corrected chi connectivity index (χ0v) is 36.4. The van der Waals surface area contributed by atoms with Crippen molar-refractivity contribution in [3.63, 3.8) is 0 Å². The third-order valence-corrected chi connectivity index (χ3v) is 14.0. The van der Waals surface area contributed by atoms with E-state index >= 15 is 0 Å². The van der Waals surface area contributed by atoms with Crippen LogP contribution in [0.2, 0.25) is 0 Å². The number of benzene rings is 2. The Kier molecular flexibility index (Phi) is 25.7. The molecular formula is C46H78O7S2. The van der Waals surface area contributed by atoms with Crippen LogP contribution in [0, 0.1) is 0 Å². The Labute approximate surface area is 337 Å². The number of rotatable bonds is 36. The summed E-state index contributed by atoms with van der Waals surface area (Å²) < 4.78 is 83.0. The van der Waals surface area contributed by atoms with Crippen LogP contribution in [0.5, 0.6) is 0 Å². The van der Waals surface area contributed by atoms with Gasteiger partial charge in [0.1, 0.15) is 0 Å². The smallest absolute Gasteiger partial charge is 0.295 e. The molecule has 2 unspecified atom stereocenters. The van der Waals surface area contributed by atoms with E-state index in [1.165, 1.54) is 103 Å². The monoisotopic (exact) mass is 807 g/mol. The molecule has 0 aliphatic carbocycles. The van der Waals surface area contributed by atoms with Gasteiger partial charge in [0, 0.05) is 12.8 Å². The van der Waals surface area contributed by atoms with Crippen molar-refractivity contribution in [2.24, 2.45) is 0 Å². The topological polar surface area (TPSA) is 118 Å². The minimum Gasteiger partial charge on any atom is -0.331 e. The number of unbranched alkanes of at least 4 members (excludes halogenated alkanes) is 24. The predicted octanol–water partition coefficient (Wildman–Crippen LogP) is 13.6. The van der Waals surface area contributed by atoms with Gasteiger partial charge in [-0.2, -0.15) is 16.8 Å². The van der Waals surface area contributed by atoms with E-state index in [0.717, 1.165) is 51.4 Å². The standard InChI is InChI=1S/C46H78O7S2/c1-3-5-7-9-11-13-15-17-19-21-23-25-33-39-45(54(47,48)49,41-43-35-29-27-30-36-43)53-46(55(50,51)52,42-44-37-31-28-32-38-44)40-34-26-24-22-20-18-16-14-12-10-8-6-4-2/h27-32,35-38H,3-26,33-34,39-42H2,1-2H3,(H,47,48,49)(H,50,51,52). The third kappa shape index (κ3) is 20.5. The Hall–Kier alpha value is -1.78. The summed E-state index contributed by atoms with van der Waals surface area (Å²) in [6, 6.07) is 17.8. The average Bonchev–Trinajstić information content (AvgIpc) is 3.15. The van der Waals surface area contributed by atoms with Gasteiger partial charge in [-0.25, -0.2) is 0 Å². The quantitative estimate of drug-likeness (QED) is 0.0520. The van der Waals surface area contributed by atoms with Crippen LogP contribution in [0.15, 0.2) is 60.7 Å². The van der Waals surface area contributed by atoms with E-state index in [9.17, 15) is 25.9 Å². The van der Waals surface area contributed by atoms with Crippen molar-refractivity contribution < 1.29 is 30.7 Å². The molecule has 0 radical (unpaired) electrons. The summed E-state index contributed by atoms with van der Waals surface area (Å²) in [5.74, 6) is 0. The maximum atomic E-state index is 13.6. The zero-order chi connectivity index (χ0) is 40.1. The highest BCUT2D eigenvalue weighted by Gasteiger charge is 2.55. The van der Waals surface area contributed by atoms with Crippen LogP contribution < -0.4 is 0 Å². The summed E-state index contributed by atoms with van der Waals surface area (Å²) in [6.45, 7) is 4.47. The maximum Gasteiger partial charge on any atom is 0.295 e. The van der Waals surface area contributed by atoms with E-state index in [1.807, 2.05) is 12.1 Å². The van der Waals surface area contributed by atoms with Crippen molar-refractivity contribution in [3.8, 4) is 0 Å². The van der Waals surface area contributed by atoms with Crippen LogP contribution in [-0.2, 0) is 37.8 Å². The Morgan fingerprint density at radius 3 is 0.873 bits per heavy atom. The molecule has 316 valence electrons. The van der Waals surface area contributed by atoms with E-state index in [4.69, 9.17) is 4.74 Å². The largest absolute Gasteiger partial charge is 0.331 e. The second-order valence-electron chi connectivity index (χ2n) is 16.2. The van der Waals surface area contributed by atoms with Crippen LogP contribution in [-0.4, -0.2) is 35.8 Å². The van der Waals surface area contributed by atoms with Crippen LogP contribution in [0.3, 0.4) is 0 Å². The van der Waals surface area contributed by atoms with E-state index in [-0.39, 0.29) is 25.7 Å². The molecule has 7 nitrogen and oxygen atoms in total. The lowest BCUT2D eigenvalue weighted by atomic mass is 9.97. The van der Waals surface area contributed by atoms with Gasteiger partial charge in [0.05, 0.1) is 0 Å². The molecule has 0 heterocycles. The second kappa shape index (κ2) is 28.6. The molecule has 0 amide bonds. The molecule has 0 saturated carbocycles. The first kappa shape index (κ1) is 49.4. The lowest BCUT2D eigenvalue weighted by Gasteiger charge is -2.41. The SMILES string of the molecule is CCCCCCCCCCCCCCCC(Cc1ccccc1)(OC(CCCCCCCCCCCCCCC)(Cc1ccccc1)S(=O)(=O)O)S(=O)(=O)O. The third-order valence-electron chi connectivity index (χ3n) is 11.3. The Morgan fingerprint density at radius 2 is 0.636 bits per heavy atom. The normalized spacial score (nSPS) is 14.5. The molecule has 0 bridgehead atoms.